The molecule has 1 unspecified atom stereocenters. The fourth-order valence-electron chi connectivity index (χ4n) is 3.05. The van der Waals surface area contributed by atoms with Gasteiger partial charge >= 0.3 is 0 Å². The molecule has 0 spiro atoms. The monoisotopic (exact) mass is 277 g/mol. The van der Waals surface area contributed by atoms with Gasteiger partial charge in [0.25, 0.3) is 0 Å². The van der Waals surface area contributed by atoms with Crippen LogP contribution in [0.1, 0.15) is 40.0 Å². The highest BCUT2D eigenvalue weighted by atomic mass is 19.1. The summed E-state index contributed by atoms with van der Waals surface area (Å²) in [4.78, 5) is 14.3. The Morgan fingerprint density at radius 2 is 1.95 bits per heavy atom. The Morgan fingerprint density at radius 1 is 1.30 bits per heavy atom. The van der Waals surface area contributed by atoms with Crippen LogP contribution in [0.3, 0.4) is 0 Å². The summed E-state index contributed by atoms with van der Waals surface area (Å²) in [5, 5.41) is 0. The highest BCUT2D eigenvalue weighted by Gasteiger charge is 2.34. The van der Waals surface area contributed by atoms with Crippen molar-refractivity contribution in [3.63, 3.8) is 0 Å². The molecule has 0 bridgehead atoms. The van der Waals surface area contributed by atoms with E-state index in [1.54, 1.807) is 12.1 Å². The third-order valence-electron chi connectivity index (χ3n) is 4.32. The molecule has 1 aromatic rings. The van der Waals surface area contributed by atoms with Crippen LogP contribution in [0.15, 0.2) is 24.3 Å². The predicted octanol–water partition coefficient (Wildman–Crippen LogP) is 4.05. The molecule has 1 aromatic carbocycles. The van der Waals surface area contributed by atoms with Crippen LogP contribution >= 0.6 is 0 Å². The summed E-state index contributed by atoms with van der Waals surface area (Å²) < 4.78 is 13.0. The fourth-order valence-corrected chi connectivity index (χ4v) is 3.05. The van der Waals surface area contributed by atoms with E-state index >= 15 is 0 Å². The summed E-state index contributed by atoms with van der Waals surface area (Å²) in [7, 11) is 0. The van der Waals surface area contributed by atoms with Gasteiger partial charge in [-0.2, -0.15) is 0 Å². The predicted molar refractivity (Wildman–Crippen MR) is 80.4 cm³/mol. The van der Waals surface area contributed by atoms with Crippen molar-refractivity contribution in [3.05, 3.63) is 30.1 Å². The summed E-state index contributed by atoms with van der Waals surface area (Å²) in [5.74, 6) is 0.258. The van der Waals surface area contributed by atoms with Crippen molar-refractivity contribution in [1.29, 1.82) is 0 Å². The number of Topliss-reactive ketones (excluding diaryl/α,β-unsaturated/α-hetero) is 1. The van der Waals surface area contributed by atoms with Crippen molar-refractivity contribution in [1.82, 2.24) is 0 Å². The molecule has 1 aliphatic rings. The zero-order chi connectivity index (χ0) is 14.8. The van der Waals surface area contributed by atoms with Gasteiger partial charge in [-0.15, -0.1) is 0 Å². The number of benzene rings is 1. The lowest BCUT2D eigenvalue weighted by molar-refractivity contribution is -0.126. The van der Waals surface area contributed by atoms with Gasteiger partial charge in [0, 0.05) is 31.1 Å². The second-order valence-electron chi connectivity index (χ2n) is 6.55. The van der Waals surface area contributed by atoms with E-state index < -0.39 is 0 Å². The summed E-state index contributed by atoms with van der Waals surface area (Å²) in [6, 6.07) is 6.53. The first kappa shape index (κ1) is 15.0. The number of anilines is 1. The van der Waals surface area contributed by atoms with E-state index in [0.717, 1.165) is 31.6 Å². The van der Waals surface area contributed by atoms with Gasteiger partial charge < -0.3 is 4.90 Å². The maximum atomic E-state index is 13.0. The van der Waals surface area contributed by atoms with Crippen molar-refractivity contribution in [3.8, 4) is 0 Å². The Morgan fingerprint density at radius 3 is 2.55 bits per heavy atom. The molecule has 0 N–H and O–H groups in total. The Kier molecular flexibility index (Phi) is 4.46. The zero-order valence-electron chi connectivity index (χ0n) is 12.7. The van der Waals surface area contributed by atoms with Crippen LogP contribution in [-0.2, 0) is 4.79 Å². The number of halogens is 1. The van der Waals surface area contributed by atoms with Crippen molar-refractivity contribution >= 4 is 11.5 Å². The molecule has 0 heterocycles. The third-order valence-corrected chi connectivity index (χ3v) is 4.32. The molecule has 1 atom stereocenters. The summed E-state index contributed by atoms with van der Waals surface area (Å²) in [5.41, 5.74) is 1.24. The molecule has 0 aliphatic heterocycles. The van der Waals surface area contributed by atoms with Gasteiger partial charge in [0.15, 0.2) is 0 Å². The molecule has 20 heavy (non-hydrogen) atoms. The SMILES string of the molecule is CCN(CC1CC(C)(C)CCC1=O)c1ccc(F)cc1. The molecular formula is C17H24FNO. The molecule has 2 rings (SSSR count). The first-order chi connectivity index (χ1) is 9.41. The lowest BCUT2D eigenvalue weighted by atomic mass is 9.71. The molecule has 110 valence electrons. The van der Waals surface area contributed by atoms with Crippen LogP contribution in [0, 0.1) is 17.2 Å². The highest BCUT2D eigenvalue weighted by molar-refractivity contribution is 5.82. The minimum absolute atomic E-state index is 0.101. The van der Waals surface area contributed by atoms with E-state index in [9.17, 15) is 9.18 Å². The molecule has 1 saturated carbocycles. The quantitative estimate of drug-likeness (QED) is 0.827. The van der Waals surface area contributed by atoms with E-state index in [1.165, 1.54) is 12.1 Å². The second kappa shape index (κ2) is 5.94. The smallest absolute Gasteiger partial charge is 0.137 e. The molecule has 1 fully saturated rings. The van der Waals surface area contributed by atoms with Crippen molar-refractivity contribution < 1.29 is 9.18 Å². The normalized spacial score (nSPS) is 21.8. The molecule has 0 radical (unpaired) electrons. The average molecular weight is 277 g/mol. The second-order valence-corrected chi connectivity index (χ2v) is 6.55. The Balaban J connectivity index is 2.09. The van der Waals surface area contributed by atoms with Crippen molar-refractivity contribution in [2.45, 2.75) is 40.0 Å². The van der Waals surface area contributed by atoms with Crippen LogP contribution < -0.4 is 4.90 Å². The van der Waals surface area contributed by atoms with E-state index in [0.29, 0.717) is 12.2 Å². The third kappa shape index (κ3) is 3.59. The summed E-state index contributed by atoms with van der Waals surface area (Å²) >= 11 is 0. The number of carbonyl (C=O) groups excluding carboxylic acids is 1. The molecule has 1 aliphatic carbocycles. The van der Waals surface area contributed by atoms with E-state index in [-0.39, 0.29) is 17.2 Å². The molecule has 3 heteroatoms. The average Bonchev–Trinajstić information content (AvgIpc) is 2.41. The molecule has 0 aromatic heterocycles. The fraction of sp³-hybridized carbons (Fsp3) is 0.588. The Labute approximate surface area is 121 Å². The minimum Gasteiger partial charge on any atom is -0.371 e. The van der Waals surface area contributed by atoms with Gasteiger partial charge in [0.05, 0.1) is 0 Å². The number of ketones is 1. The van der Waals surface area contributed by atoms with E-state index in [1.807, 2.05) is 0 Å². The first-order valence-corrected chi connectivity index (χ1v) is 7.44. The van der Waals surface area contributed by atoms with Crippen molar-refractivity contribution in [2.75, 3.05) is 18.0 Å². The number of nitrogens with zero attached hydrogens (tertiary/aromatic N) is 1. The van der Waals surface area contributed by atoms with Crippen LogP contribution in [-0.4, -0.2) is 18.9 Å². The summed E-state index contributed by atoms with van der Waals surface area (Å²) in [6.07, 6.45) is 2.63. The first-order valence-electron chi connectivity index (χ1n) is 7.44. The number of hydrogen-bond donors (Lipinski definition) is 0. The van der Waals surface area contributed by atoms with Crippen LogP contribution in [0.5, 0.6) is 0 Å². The Bertz CT molecular complexity index is 466. The van der Waals surface area contributed by atoms with Gasteiger partial charge in [-0.05, 0) is 49.4 Å². The topological polar surface area (TPSA) is 20.3 Å². The van der Waals surface area contributed by atoms with Gasteiger partial charge in [0.2, 0.25) is 0 Å². The molecule has 2 nitrogen and oxygen atoms in total. The number of carbonyl (C=O) groups is 1. The maximum absolute atomic E-state index is 13.0. The largest absolute Gasteiger partial charge is 0.371 e. The van der Waals surface area contributed by atoms with E-state index in [2.05, 4.69) is 25.7 Å². The number of rotatable bonds is 4. The molecule has 0 saturated heterocycles. The molecule has 0 amide bonds. The van der Waals surface area contributed by atoms with Crippen LogP contribution in [0.2, 0.25) is 0 Å². The zero-order valence-corrected chi connectivity index (χ0v) is 12.7. The number of hydrogen-bond acceptors (Lipinski definition) is 2. The van der Waals surface area contributed by atoms with Gasteiger partial charge in [-0.3, -0.25) is 4.79 Å². The minimum atomic E-state index is -0.223. The van der Waals surface area contributed by atoms with Gasteiger partial charge in [-0.1, -0.05) is 13.8 Å². The maximum Gasteiger partial charge on any atom is 0.137 e. The standard InChI is InChI=1S/C17H24FNO/c1-4-19(15-7-5-14(18)6-8-15)12-13-11-17(2,3)10-9-16(13)20/h5-8,13H,4,9-12H2,1-3H3. The molecular weight excluding hydrogens is 253 g/mol. The van der Waals surface area contributed by atoms with Gasteiger partial charge in [-0.25, -0.2) is 4.39 Å². The van der Waals surface area contributed by atoms with Crippen molar-refractivity contribution in [2.24, 2.45) is 11.3 Å². The van der Waals surface area contributed by atoms with Crippen LogP contribution in [0.4, 0.5) is 10.1 Å². The Hall–Kier alpha value is -1.38. The highest BCUT2D eigenvalue weighted by Crippen LogP contribution is 2.37. The van der Waals surface area contributed by atoms with Gasteiger partial charge in [0.1, 0.15) is 11.6 Å². The summed E-state index contributed by atoms with van der Waals surface area (Å²) in [6.45, 7) is 8.11. The van der Waals surface area contributed by atoms with E-state index in [4.69, 9.17) is 0 Å². The van der Waals surface area contributed by atoms with Crippen LogP contribution in [0.25, 0.3) is 0 Å². The lowest BCUT2D eigenvalue weighted by Gasteiger charge is -2.37. The lowest BCUT2D eigenvalue weighted by Crippen LogP contribution is -2.39.